The van der Waals surface area contributed by atoms with Crippen LogP contribution in [0, 0.1) is 0 Å². The second kappa shape index (κ2) is 8.73. The summed E-state index contributed by atoms with van der Waals surface area (Å²) < 4.78 is 41.1. The molecule has 0 spiro atoms. The topological polar surface area (TPSA) is 110 Å². The Labute approximate surface area is 190 Å². The highest BCUT2D eigenvalue weighted by Gasteiger charge is 2.45. The van der Waals surface area contributed by atoms with Gasteiger partial charge in [0, 0.05) is 18.5 Å². The predicted octanol–water partition coefficient (Wildman–Crippen LogP) is 2.80. The van der Waals surface area contributed by atoms with Crippen molar-refractivity contribution in [3.8, 4) is 5.75 Å². The number of Topliss-reactive ketones (excluding diaryl/α,β-unsaturated/α-hetero) is 2. The van der Waals surface area contributed by atoms with Crippen LogP contribution < -0.4 is 10.1 Å². The monoisotopic (exact) mass is 474 g/mol. The number of nitrogens with zero attached hydrogens (tertiary/aromatic N) is 1. The molecule has 176 valence electrons. The molecule has 1 saturated carbocycles. The summed E-state index contributed by atoms with van der Waals surface area (Å²) in [6, 6.07) is 7.92. The largest absolute Gasteiger partial charge is 0.573 e. The van der Waals surface area contributed by atoms with E-state index in [0.29, 0.717) is 5.56 Å². The summed E-state index contributed by atoms with van der Waals surface area (Å²) in [4.78, 5) is 63.1. The first-order valence-electron chi connectivity index (χ1n) is 10.2. The normalized spacial score (nSPS) is 18.2. The van der Waals surface area contributed by atoms with E-state index in [1.165, 1.54) is 30.3 Å². The second-order valence-corrected chi connectivity index (χ2v) is 7.81. The van der Waals surface area contributed by atoms with Crippen molar-refractivity contribution in [1.29, 1.82) is 0 Å². The van der Waals surface area contributed by atoms with Crippen molar-refractivity contribution in [2.45, 2.75) is 38.2 Å². The maximum Gasteiger partial charge on any atom is 0.573 e. The van der Waals surface area contributed by atoms with Crippen molar-refractivity contribution in [2.75, 3.05) is 0 Å². The van der Waals surface area contributed by atoms with Gasteiger partial charge in [0.25, 0.3) is 17.7 Å². The zero-order valence-corrected chi connectivity index (χ0v) is 17.5. The molecule has 2 aromatic rings. The van der Waals surface area contributed by atoms with Crippen LogP contribution in [0.1, 0.15) is 55.9 Å². The first-order valence-corrected chi connectivity index (χ1v) is 10.2. The third-order valence-electron chi connectivity index (χ3n) is 5.55. The number of nitrogens with one attached hydrogen (secondary N) is 1. The van der Waals surface area contributed by atoms with Gasteiger partial charge in [-0.2, -0.15) is 0 Å². The van der Waals surface area contributed by atoms with E-state index in [1.54, 1.807) is 0 Å². The molecule has 2 aromatic carbocycles. The Morgan fingerprint density at radius 2 is 1.79 bits per heavy atom. The lowest BCUT2D eigenvalue weighted by Crippen LogP contribution is -2.47. The molecular weight excluding hydrogens is 457 g/mol. The molecule has 3 amide bonds. The Balaban J connectivity index is 1.51. The van der Waals surface area contributed by atoms with Crippen LogP contribution in [0.15, 0.2) is 42.5 Å². The molecule has 1 aliphatic carbocycles. The lowest BCUT2D eigenvalue weighted by Gasteiger charge is -2.27. The van der Waals surface area contributed by atoms with Gasteiger partial charge in [-0.15, -0.1) is 13.2 Å². The third kappa shape index (κ3) is 4.54. The van der Waals surface area contributed by atoms with Crippen LogP contribution >= 0.6 is 0 Å². The Bertz CT molecular complexity index is 1220. The number of fused-ring (bicyclic) bond motifs is 1. The van der Waals surface area contributed by atoms with Gasteiger partial charge in [-0.1, -0.05) is 18.2 Å². The van der Waals surface area contributed by atoms with Gasteiger partial charge in [-0.3, -0.25) is 28.9 Å². The number of carbonyl (C=O) groups excluding carboxylic acids is 5. The maximum absolute atomic E-state index is 13.1. The molecule has 1 N–H and O–H groups in total. The highest BCUT2D eigenvalue weighted by Crippen LogP contribution is 2.31. The molecule has 8 nitrogen and oxygen atoms in total. The zero-order valence-electron chi connectivity index (χ0n) is 17.5. The second-order valence-electron chi connectivity index (χ2n) is 7.81. The minimum Gasteiger partial charge on any atom is -0.406 e. The zero-order chi connectivity index (χ0) is 24.6. The van der Waals surface area contributed by atoms with Crippen LogP contribution in [0.4, 0.5) is 13.2 Å². The fourth-order valence-electron chi connectivity index (χ4n) is 4.05. The standard InChI is InChI=1S/C23H17F3N2O6/c24-23(25,26)34-15-5-1-3-12(9-15)20(31)27-11-13-4-2-6-16-19(13)22(33)28(21(16)32)17-8-7-14(29)10-18(17)30/h1-6,9,17H,7-8,10-11H2,(H,27,31). The molecule has 1 fully saturated rings. The summed E-state index contributed by atoms with van der Waals surface area (Å²) >= 11 is 0. The molecule has 11 heteroatoms. The summed E-state index contributed by atoms with van der Waals surface area (Å²) in [6.45, 7) is -0.198. The predicted molar refractivity (Wildman–Crippen MR) is 109 cm³/mol. The smallest absolute Gasteiger partial charge is 0.406 e. The molecule has 1 unspecified atom stereocenters. The number of amides is 3. The summed E-state index contributed by atoms with van der Waals surface area (Å²) in [6.07, 6.45) is -5.10. The van der Waals surface area contributed by atoms with Gasteiger partial charge in [-0.05, 0) is 36.2 Å². The SMILES string of the molecule is O=C1CCC(N2C(=O)c3cccc(CNC(=O)c4cccc(OC(F)(F)F)c4)c3C2=O)C(=O)C1. The van der Waals surface area contributed by atoms with Crippen LogP contribution in [0.3, 0.4) is 0 Å². The first-order chi connectivity index (χ1) is 16.0. The van der Waals surface area contributed by atoms with Crippen LogP contribution in [0.25, 0.3) is 0 Å². The van der Waals surface area contributed by atoms with Gasteiger partial charge in [0.1, 0.15) is 11.5 Å². The number of imide groups is 1. The van der Waals surface area contributed by atoms with E-state index < -0.39 is 41.7 Å². The van der Waals surface area contributed by atoms with Crippen LogP contribution in [0.2, 0.25) is 0 Å². The van der Waals surface area contributed by atoms with Crippen molar-refractivity contribution in [2.24, 2.45) is 0 Å². The van der Waals surface area contributed by atoms with E-state index in [2.05, 4.69) is 10.1 Å². The van der Waals surface area contributed by atoms with E-state index in [4.69, 9.17) is 0 Å². The molecule has 1 heterocycles. The highest BCUT2D eigenvalue weighted by molar-refractivity contribution is 6.24. The number of hydrogen-bond acceptors (Lipinski definition) is 6. The molecule has 0 aromatic heterocycles. The number of ketones is 2. The van der Waals surface area contributed by atoms with Crippen LogP contribution in [-0.4, -0.2) is 46.6 Å². The summed E-state index contributed by atoms with van der Waals surface area (Å²) in [5, 5.41) is 2.51. The third-order valence-corrected chi connectivity index (χ3v) is 5.55. The Kier molecular flexibility index (Phi) is 5.94. The van der Waals surface area contributed by atoms with Gasteiger partial charge in [-0.25, -0.2) is 0 Å². The average molecular weight is 474 g/mol. The van der Waals surface area contributed by atoms with Crippen LogP contribution in [0.5, 0.6) is 5.75 Å². The summed E-state index contributed by atoms with van der Waals surface area (Å²) in [5.41, 5.74) is 0.304. The van der Waals surface area contributed by atoms with Crippen LogP contribution in [-0.2, 0) is 16.1 Å². The molecule has 4 rings (SSSR count). The quantitative estimate of drug-likeness (QED) is 0.527. The lowest BCUT2D eigenvalue weighted by atomic mass is 9.92. The molecule has 2 aliphatic rings. The lowest BCUT2D eigenvalue weighted by molar-refractivity contribution is -0.274. The number of ether oxygens (including phenoxy) is 1. The molecule has 0 bridgehead atoms. The fraction of sp³-hybridized carbons (Fsp3) is 0.261. The number of rotatable bonds is 5. The van der Waals surface area contributed by atoms with E-state index >= 15 is 0 Å². The van der Waals surface area contributed by atoms with Gasteiger partial charge in [0.05, 0.1) is 23.6 Å². The number of benzene rings is 2. The van der Waals surface area contributed by atoms with Crippen molar-refractivity contribution in [1.82, 2.24) is 10.2 Å². The van der Waals surface area contributed by atoms with Gasteiger partial charge in [0.2, 0.25) is 0 Å². The van der Waals surface area contributed by atoms with E-state index in [1.807, 2.05) is 0 Å². The van der Waals surface area contributed by atoms with E-state index in [9.17, 15) is 37.1 Å². The number of hydrogen-bond donors (Lipinski definition) is 1. The molecule has 0 saturated heterocycles. The minimum absolute atomic E-state index is 0.0339. The van der Waals surface area contributed by atoms with E-state index in [-0.39, 0.29) is 48.3 Å². The fourth-order valence-corrected chi connectivity index (χ4v) is 4.05. The van der Waals surface area contributed by atoms with Gasteiger partial charge < -0.3 is 10.1 Å². The van der Waals surface area contributed by atoms with Crippen molar-refractivity contribution in [3.63, 3.8) is 0 Å². The maximum atomic E-state index is 13.1. The van der Waals surface area contributed by atoms with Crippen molar-refractivity contribution < 1.29 is 41.9 Å². The Hall–Kier alpha value is -4.02. The highest BCUT2D eigenvalue weighted by atomic mass is 19.4. The van der Waals surface area contributed by atoms with Gasteiger partial charge in [0.15, 0.2) is 5.78 Å². The molecule has 1 atom stereocenters. The van der Waals surface area contributed by atoms with Crippen molar-refractivity contribution >= 4 is 29.3 Å². The number of halogens is 3. The molecule has 1 aliphatic heterocycles. The Morgan fingerprint density at radius 3 is 2.50 bits per heavy atom. The van der Waals surface area contributed by atoms with Gasteiger partial charge >= 0.3 is 6.36 Å². The number of carbonyl (C=O) groups is 5. The number of alkyl halides is 3. The molecular formula is C23H17F3N2O6. The average Bonchev–Trinajstić information content (AvgIpc) is 3.02. The summed E-state index contributed by atoms with van der Waals surface area (Å²) in [7, 11) is 0. The Morgan fingerprint density at radius 1 is 1.06 bits per heavy atom. The summed E-state index contributed by atoms with van der Waals surface area (Å²) in [5.74, 6) is -3.38. The van der Waals surface area contributed by atoms with E-state index in [0.717, 1.165) is 17.0 Å². The minimum atomic E-state index is -4.91. The molecule has 34 heavy (non-hydrogen) atoms. The van der Waals surface area contributed by atoms with Crippen molar-refractivity contribution in [3.05, 3.63) is 64.7 Å². The molecule has 0 radical (unpaired) electrons. The first kappa shape index (κ1) is 23.1.